The van der Waals surface area contributed by atoms with Crippen LogP contribution in [0.3, 0.4) is 0 Å². The number of carbonyl (C=O) groups is 1. The molecule has 1 aliphatic carbocycles. The number of aliphatic hydroxyl groups excluding tert-OH is 1. The zero-order chi connectivity index (χ0) is 15.0. The summed E-state index contributed by atoms with van der Waals surface area (Å²) in [5, 5.41) is 10.1. The maximum absolute atomic E-state index is 11.9. The van der Waals surface area contributed by atoms with E-state index < -0.39 is 0 Å². The first-order valence-electron chi connectivity index (χ1n) is 8.08. The molecule has 0 amide bonds. The number of ether oxygens (including phenoxy) is 1. The minimum atomic E-state index is -0.224. The molecule has 0 aliphatic heterocycles. The zero-order valence-corrected chi connectivity index (χ0v) is 13.2. The molecule has 3 nitrogen and oxygen atoms in total. The van der Waals surface area contributed by atoms with Gasteiger partial charge in [-0.25, -0.2) is 0 Å². The number of aliphatic hydroxyl groups is 1. The van der Waals surface area contributed by atoms with Crippen molar-refractivity contribution in [2.45, 2.75) is 77.9 Å². The summed E-state index contributed by atoms with van der Waals surface area (Å²) in [4.78, 5) is 11.9. The van der Waals surface area contributed by atoms with E-state index in [-0.39, 0.29) is 24.1 Å². The standard InChI is InChI=1S/C17H30O3/c1-4-6-7-9-15-14(10-11-16(15)18)12-17(19)20-13(3)8-5-2/h5,8,13-16,18H,4,6-7,9-12H2,1-3H3. The third-order valence-corrected chi connectivity index (χ3v) is 4.28. The van der Waals surface area contributed by atoms with E-state index in [1.807, 2.05) is 26.0 Å². The summed E-state index contributed by atoms with van der Waals surface area (Å²) in [7, 11) is 0. The van der Waals surface area contributed by atoms with Gasteiger partial charge in [-0.1, -0.05) is 32.3 Å². The molecule has 4 atom stereocenters. The van der Waals surface area contributed by atoms with Crippen LogP contribution < -0.4 is 0 Å². The Kier molecular flexibility index (Phi) is 7.90. The van der Waals surface area contributed by atoms with Crippen molar-refractivity contribution in [1.29, 1.82) is 0 Å². The third kappa shape index (κ3) is 5.66. The summed E-state index contributed by atoms with van der Waals surface area (Å²) in [5.74, 6) is 0.452. The Morgan fingerprint density at radius 1 is 1.40 bits per heavy atom. The lowest BCUT2D eigenvalue weighted by Crippen LogP contribution is -2.23. The van der Waals surface area contributed by atoms with Crippen molar-refractivity contribution >= 4 is 5.97 Å². The normalized spacial score (nSPS) is 27.9. The Hall–Kier alpha value is -0.830. The van der Waals surface area contributed by atoms with Crippen molar-refractivity contribution < 1.29 is 14.6 Å². The zero-order valence-electron chi connectivity index (χ0n) is 13.2. The lowest BCUT2D eigenvalue weighted by molar-refractivity contribution is -0.147. The molecule has 0 aromatic heterocycles. The lowest BCUT2D eigenvalue weighted by atomic mass is 9.87. The van der Waals surface area contributed by atoms with Gasteiger partial charge in [-0.05, 0) is 51.0 Å². The first-order valence-corrected chi connectivity index (χ1v) is 8.08. The molecule has 0 aromatic rings. The van der Waals surface area contributed by atoms with E-state index in [2.05, 4.69) is 6.92 Å². The van der Waals surface area contributed by atoms with Crippen LogP contribution in [0.4, 0.5) is 0 Å². The van der Waals surface area contributed by atoms with Gasteiger partial charge in [-0.15, -0.1) is 0 Å². The fourth-order valence-electron chi connectivity index (χ4n) is 3.22. The molecule has 1 fully saturated rings. The van der Waals surface area contributed by atoms with Gasteiger partial charge in [0.1, 0.15) is 6.10 Å². The van der Waals surface area contributed by atoms with Gasteiger partial charge in [-0.2, -0.15) is 0 Å². The molecule has 1 saturated carbocycles. The molecule has 0 saturated heterocycles. The number of carbonyl (C=O) groups excluding carboxylic acids is 1. The van der Waals surface area contributed by atoms with Crippen LogP contribution in [-0.4, -0.2) is 23.3 Å². The van der Waals surface area contributed by atoms with E-state index in [1.54, 1.807) is 0 Å². The number of rotatable bonds is 8. The molecule has 0 radical (unpaired) electrons. The van der Waals surface area contributed by atoms with Gasteiger partial charge in [0, 0.05) is 6.42 Å². The first-order chi connectivity index (χ1) is 9.58. The van der Waals surface area contributed by atoms with Crippen LogP contribution in [0.25, 0.3) is 0 Å². The average molecular weight is 282 g/mol. The topological polar surface area (TPSA) is 46.5 Å². The van der Waals surface area contributed by atoms with Crippen molar-refractivity contribution in [3.63, 3.8) is 0 Å². The van der Waals surface area contributed by atoms with Crippen LogP contribution in [0, 0.1) is 11.8 Å². The first kappa shape index (κ1) is 17.2. The maximum atomic E-state index is 11.9. The Labute approximate surface area is 123 Å². The molecule has 4 unspecified atom stereocenters. The minimum Gasteiger partial charge on any atom is -0.458 e. The predicted molar refractivity (Wildman–Crippen MR) is 81.3 cm³/mol. The van der Waals surface area contributed by atoms with Gasteiger partial charge in [0.15, 0.2) is 0 Å². The predicted octanol–water partition coefficient (Wildman–Crippen LogP) is 3.85. The van der Waals surface area contributed by atoms with Crippen LogP contribution in [0.15, 0.2) is 12.2 Å². The third-order valence-electron chi connectivity index (χ3n) is 4.28. The van der Waals surface area contributed by atoms with Crippen LogP contribution >= 0.6 is 0 Å². The summed E-state index contributed by atoms with van der Waals surface area (Å²) >= 11 is 0. The lowest BCUT2D eigenvalue weighted by Gasteiger charge is -2.22. The van der Waals surface area contributed by atoms with E-state index in [0.717, 1.165) is 25.7 Å². The van der Waals surface area contributed by atoms with E-state index >= 15 is 0 Å². The molecule has 0 aromatic carbocycles. The number of allylic oxidation sites excluding steroid dienone is 1. The van der Waals surface area contributed by atoms with Gasteiger partial charge < -0.3 is 9.84 Å². The van der Waals surface area contributed by atoms with Crippen LogP contribution in [-0.2, 0) is 9.53 Å². The monoisotopic (exact) mass is 282 g/mol. The second-order valence-electron chi connectivity index (χ2n) is 5.99. The average Bonchev–Trinajstić information content (AvgIpc) is 2.71. The smallest absolute Gasteiger partial charge is 0.306 e. The van der Waals surface area contributed by atoms with Crippen LogP contribution in [0.2, 0.25) is 0 Å². The molecule has 1 rings (SSSR count). The molecule has 0 heterocycles. The highest BCUT2D eigenvalue weighted by Crippen LogP contribution is 2.38. The molecule has 116 valence electrons. The quantitative estimate of drug-likeness (QED) is 0.418. The van der Waals surface area contributed by atoms with Gasteiger partial charge in [-0.3, -0.25) is 4.79 Å². The fourth-order valence-corrected chi connectivity index (χ4v) is 3.22. The van der Waals surface area contributed by atoms with E-state index in [4.69, 9.17) is 4.74 Å². The molecule has 1 aliphatic rings. The van der Waals surface area contributed by atoms with Crippen LogP contribution in [0.5, 0.6) is 0 Å². The van der Waals surface area contributed by atoms with E-state index in [1.165, 1.54) is 12.8 Å². The van der Waals surface area contributed by atoms with Crippen molar-refractivity contribution in [1.82, 2.24) is 0 Å². The molecular formula is C17H30O3. The minimum absolute atomic E-state index is 0.129. The highest BCUT2D eigenvalue weighted by Gasteiger charge is 2.35. The summed E-state index contributed by atoms with van der Waals surface area (Å²) in [6.45, 7) is 5.98. The Morgan fingerprint density at radius 3 is 2.80 bits per heavy atom. The highest BCUT2D eigenvalue weighted by atomic mass is 16.5. The highest BCUT2D eigenvalue weighted by molar-refractivity contribution is 5.70. The summed E-state index contributed by atoms with van der Waals surface area (Å²) in [6, 6.07) is 0. The van der Waals surface area contributed by atoms with Crippen molar-refractivity contribution in [2.75, 3.05) is 0 Å². The Bertz CT molecular complexity index is 311. The number of esters is 1. The second kappa shape index (κ2) is 9.17. The summed E-state index contributed by atoms with van der Waals surface area (Å²) in [5.41, 5.74) is 0. The maximum Gasteiger partial charge on any atom is 0.306 e. The molecular weight excluding hydrogens is 252 g/mol. The van der Waals surface area contributed by atoms with Gasteiger partial charge in [0.25, 0.3) is 0 Å². The molecule has 20 heavy (non-hydrogen) atoms. The SMILES string of the molecule is CC=CC(C)OC(=O)CC1CCC(O)C1CCCCC. The van der Waals surface area contributed by atoms with E-state index in [0.29, 0.717) is 12.3 Å². The fraction of sp³-hybridized carbons (Fsp3) is 0.824. The number of hydrogen-bond donors (Lipinski definition) is 1. The van der Waals surface area contributed by atoms with Crippen molar-refractivity contribution in [3.05, 3.63) is 12.2 Å². The number of hydrogen-bond acceptors (Lipinski definition) is 3. The van der Waals surface area contributed by atoms with E-state index in [9.17, 15) is 9.90 Å². The molecule has 0 bridgehead atoms. The largest absolute Gasteiger partial charge is 0.458 e. The van der Waals surface area contributed by atoms with Crippen molar-refractivity contribution in [2.24, 2.45) is 11.8 Å². The van der Waals surface area contributed by atoms with Gasteiger partial charge in [0.2, 0.25) is 0 Å². The molecule has 3 heteroatoms. The van der Waals surface area contributed by atoms with Gasteiger partial charge >= 0.3 is 5.97 Å². The molecule has 1 N–H and O–H groups in total. The second-order valence-corrected chi connectivity index (χ2v) is 5.99. The van der Waals surface area contributed by atoms with Gasteiger partial charge in [0.05, 0.1) is 6.10 Å². The summed E-state index contributed by atoms with van der Waals surface area (Å²) < 4.78 is 5.35. The Balaban J connectivity index is 2.41. The summed E-state index contributed by atoms with van der Waals surface area (Å²) in [6.07, 6.45) is 10.2. The van der Waals surface area contributed by atoms with Crippen LogP contribution in [0.1, 0.15) is 65.7 Å². The van der Waals surface area contributed by atoms with Crippen molar-refractivity contribution in [3.8, 4) is 0 Å². The molecule has 0 spiro atoms. The number of unbranched alkanes of at least 4 members (excludes halogenated alkanes) is 2. The Morgan fingerprint density at radius 2 is 2.15 bits per heavy atom.